The molecule has 1 atom stereocenters. The fourth-order valence-corrected chi connectivity index (χ4v) is 5.04. The monoisotopic (exact) mass is 350 g/mol. The summed E-state index contributed by atoms with van der Waals surface area (Å²) in [6.07, 6.45) is 3.22. The lowest BCUT2D eigenvalue weighted by Gasteiger charge is -2.33. The van der Waals surface area contributed by atoms with Crippen LogP contribution in [0, 0.1) is 11.3 Å². The Balaban J connectivity index is 1.97. The lowest BCUT2D eigenvalue weighted by molar-refractivity contribution is -0.301. The molecule has 0 bridgehead atoms. The standard InChI is InChI=1S/C16H21N3O2S2/c1-16(2,3)8-4-5-9-10(6-8)23-14-12(9)13(17)18-15(19-14)22-7-11(20)21/h8H,4-7H2,1-3H3,(H,20,21)(H2,17,18,19)/p-1/t8-/m0/s1. The molecule has 3 rings (SSSR count). The molecule has 0 fully saturated rings. The largest absolute Gasteiger partial charge is 0.549 e. The molecule has 1 aliphatic carbocycles. The zero-order valence-corrected chi connectivity index (χ0v) is 15.1. The second-order valence-corrected chi connectivity index (χ2v) is 9.07. The van der Waals surface area contributed by atoms with Gasteiger partial charge in [-0.2, -0.15) is 0 Å². The van der Waals surface area contributed by atoms with Crippen molar-refractivity contribution < 1.29 is 9.90 Å². The van der Waals surface area contributed by atoms with Gasteiger partial charge in [-0.1, -0.05) is 32.5 Å². The number of carboxylic acid groups (broad SMARTS) is 1. The second-order valence-electron chi connectivity index (χ2n) is 7.04. The molecule has 2 aromatic rings. The number of thioether (sulfide) groups is 1. The van der Waals surface area contributed by atoms with Gasteiger partial charge >= 0.3 is 0 Å². The van der Waals surface area contributed by atoms with E-state index in [0.717, 1.165) is 41.2 Å². The van der Waals surface area contributed by atoms with Crippen LogP contribution in [0.4, 0.5) is 5.82 Å². The molecular formula is C16H20N3O2S2-. The Morgan fingerprint density at radius 2 is 2.17 bits per heavy atom. The van der Waals surface area contributed by atoms with Crippen LogP contribution in [0.25, 0.3) is 10.2 Å². The quantitative estimate of drug-likeness (QED) is 0.674. The van der Waals surface area contributed by atoms with Crippen molar-refractivity contribution in [3.63, 3.8) is 0 Å². The highest BCUT2D eigenvalue weighted by Crippen LogP contribution is 2.44. The maximum Gasteiger partial charge on any atom is 0.191 e. The number of aromatic nitrogens is 2. The van der Waals surface area contributed by atoms with E-state index in [1.165, 1.54) is 10.4 Å². The molecule has 0 aliphatic heterocycles. The number of carbonyl (C=O) groups excluding carboxylic acids is 1. The number of rotatable bonds is 3. The molecule has 1 aliphatic rings. The molecule has 0 amide bonds. The van der Waals surface area contributed by atoms with Crippen molar-refractivity contribution in [2.45, 2.75) is 45.2 Å². The van der Waals surface area contributed by atoms with Gasteiger partial charge in [0.1, 0.15) is 10.6 Å². The van der Waals surface area contributed by atoms with E-state index in [1.807, 2.05) is 0 Å². The number of anilines is 1. The van der Waals surface area contributed by atoms with Crippen LogP contribution < -0.4 is 10.8 Å². The van der Waals surface area contributed by atoms with Crippen molar-refractivity contribution >= 4 is 45.1 Å². The number of nitrogens with zero attached hydrogens (tertiary/aromatic N) is 2. The summed E-state index contributed by atoms with van der Waals surface area (Å²) in [6.45, 7) is 6.87. The first-order valence-corrected chi connectivity index (χ1v) is 9.46. The summed E-state index contributed by atoms with van der Waals surface area (Å²) in [7, 11) is 0. The number of hydrogen-bond acceptors (Lipinski definition) is 7. The summed E-state index contributed by atoms with van der Waals surface area (Å²) in [4.78, 5) is 21.6. The van der Waals surface area contributed by atoms with Crippen LogP contribution in [-0.4, -0.2) is 21.7 Å². The maximum atomic E-state index is 10.6. The van der Waals surface area contributed by atoms with E-state index < -0.39 is 5.97 Å². The van der Waals surface area contributed by atoms with Crippen LogP contribution in [0.5, 0.6) is 0 Å². The van der Waals surface area contributed by atoms with Crippen LogP contribution in [0.2, 0.25) is 0 Å². The van der Waals surface area contributed by atoms with E-state index in [0.29, 0.717) is 22.3 Å². The number of fused-ring (bicyclic) bond motifs is 3. The predicted octanol–water partition coefficient (Wildman–Crippen LogP) is 2.27. The van der Waals surface area contributed by atoms with Gasteiger partial charge in [-0.15, -0.1) is 11.3 Å². The third-order valence-corrected chi connectivity index (χ3v) is 6.43. The minimum absolute atomic E-state index is 0.165. The first-order valence-electron chi connectivity index (χ1n) is 7.66. The predicted molar refractivity (Wildman–Crippen MR) is 92.5 cm³/mol. The van der Waals surface area contributed by atoms with E-state index in [9.17, 15) is 9.90 Å². The fraction of sp³-hybridized carbons (Fsp3) is 0.562. The SMILES string of the molecule is CC(C)(C)[C@H]1CCc2c(sc3nc(SCC(=O)[O-])nc(N)c23)C1. The van der Waals surface area contributed by atoms with E-state index in [4.69, 9.17) is 5.73 Å². The van der Waals surface area contributed by atoms with Crippen molar-refractivity contribution in [2.24, 2.45) is 11.3 Å². The van der Waals surface area contributed by atoms with Gasteiger partial charge in [-0.05, 0) is 36.2 Å². The molecule has 0 saturated carbocycles. The normalized spacial score (nSPS) is 18.1. The van der Waals surface area contributed by atoms with Gasteiger partial charge in [0.05, 0.1) is 11.4 Å². The molecule has 2 N–H and O–H groups in total. The average molecular weight is 350 g/mol. The van der Waals surface area contributed by atoms with Crippen LogP contribution in [0.3, 0.4) is 0 Å². The van der Waals surface area contributed by atoms with E-state index in [-0.39, 0.29) is 5.75 Å². The molecular weight excluding hydrogens is 330 g/mol. The highest BCUT2D eigenvalue weighted by molar-refractivity contribution is 7.99. The van der Waals surface area contributed by atoms with Crippen molar-refractivity contribution in [3.8, 4) is 0 Å². The van der Waals surface area contributed by atoms with Gasteiger partial charge < -0.3 is 15.6 Å². The Morgan fingerprint density at radius 1 is 1.43 bits per heavy atom. The lowest BCUT2D eigenvalue weighted by atomic mass is 9.72. The lowest BCUT2D eigenvalue weighted by Crippen LogP contribution is -2.26. The maximum absolute atomic E-state index is 10.6. The molecule has 0 spiro atoms. The topological polar surface area (TPSA) is 91.9 Å². The minimum Gasteiger partial charge on any atom is -0.549 e. The number of carbonyl (C=O) groups is 1. The summed E-state index contributed by atoms with van der Waals surface area (Å²) in [5.41, 5.74) is 7.71. The summed E-state index contributed by atoms with van der Waals surface area (Å²) >= 11 is 2.73. The first-order chi connectivity index (χ1) is 10.8. The van der Waals surface area contributed by atoms with Gasteiger partial charge in [0.25, 0.3) is 0 Å². The van der Waals surface area contributed by atoms with E-state index in [1.54, 1.807) is 11.3 Å². The Morgan fingerprint density at radius 3 is 2.83 bits per heavy atom. The van der Waals surface area contributed by atoms with Crippen molar-refractivity contribution in [1.82, 2.24) is 9.97 Å². The molecule has 2 aromatic heterocycles. The number of aliphatic carboxylic acids is 1. The van der Waals surface area contributed by atoms with E-state index in [2.05, 4.69) is 30.7 Å². The Hall–Kier alpha value is -1.34. The van der Waals surface area contributed by atoms with Gasteiger partial charge in [0, 0.05) is 10.6 Å². The van der Waals surface area contributed by atoms with Crippen LogP contribution >= 0.6 is 23.1 Å². The van der Waals surface area contributed by atoms with Crippen LogP contribution in [-0.2, 0) is 17.6 Å². The molecule has 23 heavy (non-hydrogen) atoms. The highest BCUT2D eigenvalue weighted by atomic mass is 32.2. The summed E-state index contributed by atoms with van der Waals surface area (Å²) in [5, 5.41) is 12.0. The van der Waals surface area contributed by atoms with Gasteiger partial charge in [-0.3, -0.25) is 0 Å². The molecule has 0 aromatic carbocycles. The molecule has 0 saturated heterocycles. The number of aryl methyl sites for hydroxylation is 1. The summed E-state index contributed by atoms with van der Waals surface area (Å²) < 4.78 is 0. The Bertz CT molecular complexity index is 765. The highest BCUT2D eigenvalue weighted by Gasteiger charge is 2.31. The average Bonchev–Trinajstić information content (AvgIpc) is 2.81. The van der Waals surface area contributed by atoms with Gasteiger partial charge in [0.15, 0.2) is 5.16 Å². The molecule has 2 heterocycles. The van der Waals surface area contributed by atoms with Gasteiger partial charge in [0.2, 0.25) is 0 Å². The number of thiophene rings is 1. The third-order valence-electron chi connectivity index (χ3n) is 4.46. The summed E-state index contributed by atoms with van der Waals surface area (Å²) in [6, 6.07) is 0. The Kier molecular flexibility index (Phi) is 4.27. The van der Waals surface area contributed by atoms with Crippen molar-refractivity contribution in [2.75, 3.05) is 11.5 Å². The summed E-state index contributed by atoms with van der Waals surface area (Å²) in [5.74, 6) is -0.176. The number of hydrogen-bond donors (Lipinski definition) is 1. The van der Waals surface area contributed by atoms with Crippen LogP contribution in [0.1, 0.15) is 37.6 Å². The number of nitrogens with two attached hydrogens (primary N) is 1. The fourth-order valence-electron chi connectivity index (χ4n) is 3.11. The first kappa shape index (κ1) is 16.5. The van der Waals surface area contributed by atoms with E-state index >= 15 is 0 Å². The zero-order chi connectivity index (χ0) is 16.8. The minimum atomic E-state index is -1.13. The molecule has 5 nitrogen and oxygen atoms in total. The Labute approximate surface area is 143 Å². The third kappa shape index (κ3) is 3.30. The molecule has 124 valence electrons. The van der Waals surface area contributed by atoms with Crippen molar-refractivity contribution in [3.05, 3.63) is 10.4 Å². The van der Waals surface area contributed by atoms with Crippen LogP contribution in [0.15, 0.2) is 5.16 Å². The van der Waals surface area contributed by atoms with Gasteiger partial charge in [-0.25, -0.2) is 9.97 Å². The smallest absolute Gasteiger partial charge is 0.191 e. The number of nitrogen functional groups attached to an aromatic ring is 1. The zero-order valence-electron chi connectivity index (χ0n) is 13.5. The van der Waals surface area contributed by atoms with Crippen molar-refractivity contribution in [1.29, 1.82) is 0 Å². The molecule has 0 radical (unpaired) electrons. The molecule has 0 unspecified atom stereocenters. The number of carboxylic acids is 1. The molecule has 7 heteroatoms. The second kappa shape index (κ2) is 5.94.